The molecular weight excluding hydrogens is 298 g/mol. The topological polar surface area (TPSA) is 59.3 Å². The molecule has 6 heteroatoms. The van der Waals surface area contributed by atoms with Crippen molar-refractivity contribution in [1.82, 2.24) is 9.88 Å². The number of non-ortho nitro benzene ring substituents is 1. The van der Waals surface area contributed by atoms with Gasteiger partial charge in [-0.25, -0.2) is 4.98 Å². The van der Waals surface area contributed by atoms with E-state index in [0.29, 0.717) is 0 Å². The molecule has 5 nitrogen and oxygen atoms in total. The molecule has 0 fully saturated rings. The van der Waals surface area contributed by atoms with E-state index in [2.05, 4.69) is 9.88 Å². The first-order chi connectivity index (χ1) is 10.6. The van der Waals surface area contributed by atoms with Gasteiger partial charge in [-0.1, -0.05) is 17.8 Å². The lowest BCUT2D eigenvalue weighted by Crippen LogP contribution is -2.13. The second kappa shape index (κ2) is 7.91. The molecule has 0 atom stereocenters. The zero-order valence-electron chi connectivity index (χ0n) is 12.7. The Hall–Kier alpha value is -1.92. The number of nitro groups is 1. The summed E-state index contributed by atoms with van der Waals surface area (Å²) in [5.41, 5.74) is 1.15. The summed E-state index contributed by atoms with van der Waals surface area (Å²) in [6.07, 6.45) is 3.53. The number of nitro benzene ring substituents is 1. The van der Waals surface area contributed by atoms with Crippen molar-refractivity contribution in [2.24, 2.45) is 0 Å². The van der Waals surface area contributed by atoms with Crippen molar-refractivity contribution in [2.75, 3.05) is 20.6 Å². The average molecular weight is 317 g/mol. The highest BCUT2D eigenvalue weighted by Crippen LogP contribution is 2.32. The molecule has 0 aliphatic heterocycles. The van der Waals surface area contributed by atoms with E-state index in [1.54, 1.807) is 30.1 Å². The first-order valence-electron chi connectivity index (χ1n) is 7.07. The number of benzene rings is 1. The second-order valence-corrected chi connectivity index (χ2v) is 6.29. The van der Waals surface area contributed by atoms with Gasteiger partial charge in [-0.15, -0.1) is 0 Å². The molecule has 116 valence electrons. The maximum Gasteiger partial charge on any atom is 0.269 e. The van der Waals surface area contributed by atoms with Crippen LogP contribution in [0.25, 0.3) is 0 Å². The van der Waals surface area contributed by atoms with Crippen molar-refractivity contribution >= 4 is 17.4 Å². The van der Waals surface area contributed by atoms with Gasteiger partial charge in [-0.2, -0.15) is 0 Å². The molecule has 0 N–H and O–H groups in total. The van der Waals surface area contributed by atoms with Gasteiger partial charge in [-0.3, -0.25) is 10.1 Å². The van der Waals surface area contributed by atoms with Crippen molar-refractivity contribution in [1.29, 1.82) is 0 Å². The Labute approximate surface area is 134 Å². The van der Waals surface area contributed by atoms with Crippen molar-refractivity contribution in [3.05, 3.63) is 58.3 Å². The average Bonchev–Trinajstić information content (AvgIpc) is 2.49. The molecule has 22 heavy (non-hydrogen) atoms. The van der Waals surface area contributed by atoms with E-state index in [9.17, 15) is 10.1 Å². The molecule has 0 radical (unpaired) electrons. The summed E-state index contributed by atoms with van der Waals surface area (Å²) in [7, 11) is 4.05. The van der Waals surface area contributed by atoms with Gasteiger partial charge in [0.15, 0.2) is 0 Å². The maximum absolute atomic E-state index is 11.0. The van der Waals surface area contributed by atoms with Gasteiger partial charge < -0.3 is 4.90 Å². The van der Waals surface area contributed by atoms with Gasteiger partial charge in [-0.05, 0) is 57.2 Å². The van der Waals surface area contributed by atoms with Gasteiger partial charge in [0.2, 0.25) is 0 Å². The highest BCUT2D eigenvalue weighted by atomic mass is 32.2. The van der Waals surface area contributed by atoms with E-state index >= 15 is 0 Å². The van der Waals surface area contributed by atoms with Gasteiger partial charge >= 0.3 is 0 Å². The third-order valence-corrected chi connectivity index (χ3v) is 4.23. The van der Waals surface area contributed by atoms with Crippen LogP contribution >= 0.6 is 11.8 Å². The van der Waals surface area contributed by atoms with Crippen LogP contribution in [0.1, 0.15) is 12.0 Å². The molecule has 0 saturated heterocycles. The SMILES string of the molecule is CN(C)CCCc1cc([N+](=O)[O-])ccc1Sc1ccccn1. The van der Waals surface area contributed by atoms with E-state index < -0.39 is 0 Å². The summed E-state index contributed by atoms with van der Waals surface area (Å²) in [5, 5.41) is 11.9. The smallest absolute Gasteiger partial charge is 0.269 e. The number of pyridine rings is 1. The second-order valence-electron chi connectivity index (χ2n) is 5.23. The fourth-order valence-corrected chi connectivity index (χ4v) is 2.99. The van der Waals surface area contributed by atoms with Crippen LogP contribution in [-0.2, 0) is 6.42 Å². The molecule has 0 amide bonds. The lowest BCUT2D eigenvalue weighted by molar-refractivity contribution is -0.385. The first kappa shape index (κ1) is 16.5. The van der Waals surface area contributed by atoms with Crippen LogP contribution in [0.15, 0.2) is 52.5 Å². The summed E-state index contributed by atoms with van der Waals surface area (Å²) in [5.74, 6) is 0. The molecule has 0 unspecified atom stereocenters. The molecule has 0 spiro atoms. The van der Waals surface area contributed by atoms with E-state index in [0.717, 1.165) is 34.9 Å². The minimum absolute atomic E-state index is 0.144. The Balaban J connectivity index is 2.21. The highest BCUT2D eigenvalue weighted by molar-refractivity contribution is 7.99. The van der Waals surface area contributed by atoms with Crippen LogP contribution in [0.5, 0.6) is 0 Å². The van der Waals surface area contributed by atoms with Gasteiger partial charge in [0.05, 0.1) is 4.92 Å². The molecule has 1 heterocycles. The number of aryl methyl sites for hydroxylation is 1. The minimum atomic E-state index is -0.343. The normalized spacial score (nSPS) is 10.9. The summed E-state index contributed by atoms with van der Waals surface area (Å²) < 4.78 is 0. The van der Waals surface area contributed by atoms with Crippen molar-refractivity contribution in [3.8, 4) is 0 Å². The molecule has 1 aromatic carbocycles. The van der Waals surface area contributed by atoms with Crippen LogP contribution in [0.3, 0.4) is 0 Å². The zero-order valence-corrected chi connectivity index (χ0v) is 13.5. The number of aromatic nitrogens is 1. The summed E-state index contributed by atoms with van der Waals surface area (Å²) >= 11 is 1.55. The first-order valence-corrected chi connectivity index (χ1v) is 7.89. The maximum atomic E-state index is 11.0. The van der Waals surface area contributed by atoms with Gasteiger partial charge in [0.25, 0.3) is 5.69 Å². The van der Waals surface area contributed by atoms with E-state index in [4.69, 9.17) is 0 Å². The van der Waals surface area contributed by atoms with E-state index in [-0.39, 0.29) is 10.6 Å². The van der Waals surface area contributed by atoms with Crippen LogP contribution in [0, 0.1) is 10.1 Å². The third kappa shape index (κ3) is 4.82. The summed E-state index contributed by atoms with van der Waals surface area (Å²) in [6.45, 7) is 0.955. The Morgan fingerprint density at radius 2 is 2.09 bits per heavy atom. The number of hydrogen-bond acceptors (Lipinski definition) is 5. The Bertz CT molecular complexity index is 633. The van der Waals surface area contributed by atoms with Crippen LogP contribution < -0.4 is 0 Å². The van der Waals surface area contributed by atoms with Crippen LogP contribution in [0.2, 0.25) is 0 Å². The minimum Gasteiger partial charge on any atom is -0.309 e. The fraction of sp³-hybridized carbons (Fsp3) is 0.312. The summed E-state index contributed by atoms with van der Waals surface area (Å²) in [6, 6.07) is 10.8. The lowest BCUT2D eigenvalue weighted by atomic mass is 10.1. The largest absolute Gasteiger partial charge is 0.309 e. The van der Waals surface area contributed by atoms with Crippen LogP contribution in [-0.4, -0.2) is 35.4 Å². The Kier molecular flexibility index (Phi) is 5.91. The van der Waals surface area contributed by atoms with E-state index in [1.807, 2.05) is 38.4 Å². The van der Waals surface area contributed by atoms with E-state index in [1.165, 1.54) is 0 Å². The lowest BCUT2D eigenvalue weighted by Gasteiger charge is -2.11. The third-order valence-electron chi connectivity index (χ3n) is 3.16. The van der Waals surface area contributed by atoms with Crippen molar-refractivity contribution in [2.45, 2.75) is 22.8 Å². The van der Waals surface area contributed by atoms with Crippen LogP contribution in [0.4, 0.5) is 5.69 Å². The number of hydrogen-bond donors (Lipinski definition) is 0. The summed E-state index contributed by atoms with van der Waals surface area (Å²) in [4.78, 5) is 18.1. The molecule has 0 aliphatic carbocycles. The molecule has 2 aromatic rings. The van der Waals surface area contributed by atoms with Crippen molar-refractivity contribution < 1.29 is 4.92 Å². The molecule has 0 aliphatic rings. The van der Waals surface area contributed by atoms with Crippen molar-refractivity contribution in [3.63, 3.8) is 0 Å². The molecule has 0 bridgehead atoms. The number of rotatable bonds is 7. The molecule has 2 rings (SSSR count). The Morgan fingerprint density at radius 3 is 2.73 bits per heavy atom. The molecular formula is C16H19N3O2S. The molecule has 1 aromatic heterocycles. The van der Waals surface area contributed by atoms with Gasteiger partial charge in [0, 0.05) is 23.2 Å². The quantitative estimate of drug-likeness (QED) is 0.576. The fourth-order valence-electron chi connectivity index (χ4n) is 2.08. The number of nitrogens with zero attached hydrogens (tertiary/aromatic N) is 3. The Morgan fingerprint density at radius 1 is 1.27 bits per heavy atom. The zero-order chi connectivity index (χ0) is 15.9. The predicted molar refractivity (Wildman–Crippen MR) is 88.3 cm³/mol. The monoisotopic (exact) mass is 317 g/mol. The molecule has 0 saturated carbocycles. The predicted octanol–water partition coefficient (Wildman–Crippen LogP) is 3.64. The highest BCUT2D eigenvalue weighted by Gasteiger charge is 2.12. The van der Waals surface area contributed by atoms with Gasteiger partial charge in [0.1, 0.15) is 5.03 Å². The standard InChI is InChI=1S/C16H19N3O2S/c1-18(2)11-5-6-13-12-14(19(20)21)8-9-15(13)22-16-7-3-4-10-17-16/h3-4,7-10,12H,5-6,11H2,1-2H3.